The number of fused-ring (bicyclic) bond motifs is 6. The van der Waals surface area contributed by atoms with Gasteiger partial charge in [-0.15, -0.1) is 15.0 Å². The lowest BCUT2D eigenvalue weighted by molar-refractivity contribution is 1.20. The molecule has 0 atom stereocenters. The number of pyridine rings is 1. The lowest BCUT2D eigenvalue weighted by Gasteiger charge is -2.05. The lowest BCUT2D eigenvalue weighted by Crippen LogP contribution is -2.00. The molecular formula is C19HN11. The van der Waals surface area contributed by atoms with Gasteiger partial charge in [-0.3, -0.25) is 0 Å². The van der Waals surface area contributed by atoms with Crippen LogP contribution in [0.2, 0.25) is 0 Å². The van der Waals surface area contributed by atoms with Gasteiger partial charge >= 0.3 is 0 Å². The molecule has 0 fully saturated rings. The minimum absolute atomic E-state index is 0.0287. The van der Waals surface area contributed by atoms with Crippen LogP contribution in [-0.2, 0) is 0 Å². The zero-order valence-corrected chi connectivity index (χ0v) is 14.5. The Morgan fingerprint density at radius 1 is 0.600 bits per heavy atom. The third kappa shape index (κ3) is 2.29. The first kappa shape index (κ1) is 17.7. The van der Waals surface area contributed by atoms with E-state index in [1.807, 2.05) is 6.07 Å². The Labute approximate surface area is 167 Å². The molecule has 0 spiro atoms. The normalized spacial score (nSPS) is 9.80. The second kappa shape index (κ2) is 6.45. The minimum Gasteiger partial charge on any atom is -0.370 e. The van der Waals surface area contributed by atoms with E-state index in [-0.39, 0.29) is 67.4 Å². The van der Waals surface area contributed by atoms with E-state index < -0.39 is 0 Å². The first-order valence-electron chi connectivity index (χ1n) is 7.83. The Morgan fingerprint density at radius 3 is 1.53 bits per heavy atom. The summed E-state index contributed by atoms with van der Waals surface area (Å²) in [5.74, 6) is -0.731. The maximum atomic E-state index is 9.36. The van der Waals surface area contributed by atoms with Gasteiger partial charge in [-0.2, -0.15) is 15.8 Å². The monoisotopic (exact) mass is 383 g/mol. The summed E-state index contributed by atoms with van der Waals surface area (Å²) in [7, 11) is 0. The lowest BCUT2D eigenvalue weighted by atomic mass is 10.1. The minimum atomic E-state index is -0.276. The summed E-state index contributed by atoms with van der Waals surface area (Å²) in [6, 6.07) is 6.81. The number of nitriles is 3. The van der Waals surface area contributed by atoms with E-state index in [9.17, 15) is 15.8 Å². The fourth-order valence-electron chi connectivity index (χ4n) is 2.87. The van der Waals surface area contributed by atoms with Crippen LogP contribution in [0.25, 0.3) is 47.5 Å². The van der Waals surface area contributed by atoms with E-state index in [4.69, 9.17) is 19.7 Å². The Morgan fingerprint density at radius 2 is 1.03 bits per heavy atom. The molecular weight excluding hydrogens is 382 g/mol. The largest absolute Gasteiger partial charge is 0.370 e. The van der Waals surface area contributed by atoms with Crippen LogP contribution in [0.4, 0.5) is 17.5 Å². The highest BCUT2D eigenvalue weighted by atomic mass is 15.0. The summed E-state index contributed by atoms with van der Waals surface area (Å²) in [6.45, 7) is 21.8. The van der Waals surface area contributed by atoms with Crippen molar-refractivity contribution in [2.24, 2.45) is 0 Å². The van der Waals surface area contributed by atoms with Gasteiger partial charge in [0.2, 0.25) is 11.0 Å². The molecule has 30 heavy (non-hydrogen) atoms. The molecule has 0 saturated heterocycles. The van der Waals surface area contributed by atoms with Crippen LogP contribution in [0.5, 0.6) is 0 Å². The number of aromatic nitrogens is 5. The van der Waals surface area contributed by atoms with Gasteiger partial charge < -0.3 is 14.5 Å². The van der Waals surface area contributed by atoms with Crippen molar-refractivity contribution in [3.8, 4) is 18.2 Å². The van der Waals surface area contributed by atoms with Crippen LogP contribution in [0.15, 0.2) is 6.07 Å². The first-order valence-corrected chi connectivity index (χ1v) is 7.83. The Kier molecular flexibility index (Phi) is 3.79. The van der Waals surface area contributed by atoms with Gasteiger partial charge in [-0.05, 0) is 6.07 Å². The summed E-state index contributed by atoms with van der Waals surface area (Å²) in [5, 5.41) is 28.2. The van der Waals surface area contributed by atoms with Crippen LogP contribution in [0.3, 0.4) is 0 Å². The van der Waals surface area contributed by atoms with Crippen LogP contribution >= 0.6 is 0 Å². The summed E-state index contributed by atoms with van der Waals surface area (Å²) in [6.07, 6.45) is 0. The molecule has 11 heteroatoms. The molecule has 3 heterocycles. The fourth-order valence-corrected chi connectivity index (χ4v) is 2.87. The molecule has 0 saturated carbocycles. The van der Waals surface area contributed by atoms with E-state index in [1.54, 1.807) is 12.1 Å². The average molecular weight is 383 g/mol. The standard InChI is InChI=1S/C19HN11/c1-23-17-8(5-20)4-9-12-14(27-11(7-22)10(6-21)26-12)16-15(13(9)28-17)29-18(24-2)19(25-3)30-16/h4H. The second-order valence-corrected chi connectivity index (χ2v) is 5.61. The molecule has 11 nitrogen and oxygen atoms in total. The van der Waals surface area contributed by atoms with E-state index in [0.717, 1.165) is 0 Å². The molecule has 1 aromatic carbocycles. The van der Waals surface area contributed by atoms with Gasteiger partial charge in [0.1, 0.15) is 23.2 Å². The number of rotatable bonds is 0. The van der Waals surface area contributed by atoms with Gasteiger partial charge in [0, 0.05) is 0 Å². The molecule has 132 valence electrons. The van der Waals surface area contributed by atoms with Gasteiger partial charge in [-0.25, -0.2) is 9.97 Å². The predicted molar refractivity (Wildman–Crippen MR) is 101 cm³/mol. The van der Waals surface area contributed by atoms with Crippen molar-refractivity contribution in [2.45, 2.75) is 0 Å². The summed E-state index contributed by atoms with van der Waals surface area (Å²) >= 11 is 0. The van der Waals surface area contributed by atoms with Crippen molar-refractivity contribution in [3.63, 3.8) is 0 Å². The molecule has 4 rings (SSSR count). The molecule has 0 bridgehead atoms. The van der Waals surface area contributed by atoms with Gasteiger partial charge in [0.25, 0.3) is 23.0 Å². The summed E-state index contributed by atoms with van der Waals surface area (Å²) in [4.78, 5) is 30.6. The number of hydrogen-bond acceptors (Lipinski definition) is 8. The summed E-state index contributed by atoms with van der Waals surface area (Å²) in [5.41, 5.74) is -0.145. The van der Waals surface area contributed by atoms with E-state index in [2.05, 4.69) is 39.5 Å². The van der Waals surface area contributed by atoms with E-state index >= 15 is 0 Å². The van der Waals surface area contributed by atoms with Gasteiger partial charge in [0.15, 0.2) is 11.4 Å². The number of nitrogens with zero attached hydrogens (tertiary/aromatic N) is 11. The smallest absolute Gasteiger partial charge is 0.294 e. The maximum absolute atomic E-state index is 9.36. The van der Waals surface area contributed by atoms with Crippen molar-refractivity contribution >= 4 is 50.4 Å². The van der Waals surface area contributed by atoms with Crippen molar-refractivity contribution in [1.29, 1.82) is 15.8 Å². The van der Waals surface area contributed by atoms with E-state index in [1.165, 1.54) is 6.07 Å². The zero-order valence-electron chi connectivity index (χ0n) is 14.5. The van der Waals surface area contributed by atoms with Crippen molar-refractivity contribution < 1.29 is 0 Å². The van der Waals surface area contributed by atoms with Crippen LogP contribution < -0.4 is 0 Å². The third-order valence-corrected chi connectivity index (χ3v) is 4.11. The van der Waals surface area contributed by atoms with Crippen molar-refractivity contribution in [2.75, 3.05) is 0 Å². The predicted octanol–water partition coefficient (Wildman–Crippen LogP) is 3.39. The molecule has 0 amide bonds. The molecule has 0 aliphatic heterocycles. The molecule has 3 aromatic heterocycles. The fraction of sp³-hybridized carbons (Fsp3) is 0. The SMILES string of the molecule is [C-]#[N+]c1nc2c(cc1C#N)c1nc(C#N)c(C#N)nc1c1nc([N+]#[C-])c([N+]#[C-])nc21. The number of hydrogen-bond donors (Lipinski definition) is 0. The summed E-state index contributed by atoms with van der Waals surface area (Å²) < 4.78 is 0. The van der Waals surface area contributed by atoms with Crippen LogP contribution in [0.1, 0.15) is 17.0 Å². The maximum Gasteiger partial charge on any atom is 0.294 e. The Bertz CT molecular complexity index is 1350. The molecule has 0 unspecified atom stereocenters. The Balaban J connectivity index is 2.42. The molecule has 4 aromatic rings. The average Bonchev–Trinajstić information content (AvgIpc) is 2.81. The first-order chi connectivity index (χ1) is 14.6. The highest BCUT2D eigenvalue weighted by molar-refractivity contribution is 6.20. The molecule has 0 radical (unpaired) electrons. The molecule has 0 aliphatic carbocycles. The van der Waals surface area contributed by atoms with Gasteiger partial charge in [0.05, 0.1) is 17.0 Å². The molecule has 0 aliphatic rings. The van der Waals surface area contributed by atoms with Crippen molar-refractivity contribution in [3.05, 3.63) is 57.3 Å². The molecule has 0 N–H and O–H groups in total. The third-order valence-electron chi connectivity index (χ3n) is 4.11. The highest BCUT2D eigenvalue weighted by Gasteiger charge is 2.27. The quantitative estimate of drug-likeness (QED) is 0.331. The van der Waals surface area contributed by atoms with Crippen LogP contribution in [-0.4, -0.2) is 24.9 Å². The Hall–Kier alpha value is -5.75. The van der Waals surface area contributed by atoms with Crippen molar-refractivity contribution in [1.82, 2.24) is 24.9 Å². The number of benzene rings is 1. The highest BCUT2D eigenvalue weighted by Crippen LogP contribution is 2.36. The van der Waals surface area contributed by atoms with Gasteiger partial charge in [-0.1, -0.05) is 19.7 Å². The van der Waals surface area contributed by atoms with E-state index in [0.29, 0.717) is 0 Å². The zero-order chi connectivity index (χ0) is 21.4. The van der Waals surface area contributed by atoms with Crippen LogP contribution in [0, 0.1) is 53.7 Å². The second-order valence-electron chi connectivity index (χ2n) is 5.61. The topological polar surface area (TPSA) is 149 Å².